The van der Waals surface area contributed by atoms with Gasteiger partial charge in [0.25, 0.3) is 11.5 Å². The van der Waals surface area contributed by atoms with Crippen molar-refractivity contribution in [1.82, 2.24) is 14.9 Å². The van der Waals surface area contributed by atoms with Gasteiger partial charge in [0.1, 0.15) is 0 Å². The second-order valence-electron chi connectivity index (χ2n) is 5.16. The lowest BCUT2D eigenvalue weighted by Crippen LogP contribution is -2.45. The summed E-state index contributed by atoms with van der Waals surface area (Å²) >= 11 is 1.46. The molecule has 0 saturated carbocycles. The molecular formula is C15H17N3O3S. The van der Waals surface area contributed by atoms with Crippen LogP contribution < -0.4 is 5.56 Å². The number of aryl methyl sites for hydroxylation is 1. The summed E-state index contributed by atoms with van der Waals surface area (Å²) in [6, 6.07) is 5.23. The Morgan fingerprint density at radius 1 is 1.55 bits per heavy atom. The topological polar surface area (TPSA) is 75.3 Å². The first-order valence-electron chi connectivity index (χ1n) is 7.20. The van der Waals surface area contributed by atoms with Crippen LogP contribution in [0, 0.1) is 0 Å². The second kappa shape index (κ2) is 6.85. The van der Waals surface area contributed by atoms with Gasteiger partial charge in [-0.15, -0.1) is 11.3 Å². The SMILES string of the molecule is O=C(c1cccs1)N1CCOC(CCc2cc(=O)[nH]cn2)C1. The zero-order valence-corrected chi connectivity index (χ0v) is 12.8. The van der Waals surface area contributed by atoms with Gasteiger partial charge >= 0.3 is 0 Å². The maximum absolute atomic E-state index is 12.3. The van der Waals surface area contributed by atoms with E-state index in [1.807, 2.05) is 22.4 Å². The highest BCUT2D eigenvalue weighted by molar-refractivity contribution is 7.12. The fraction of sp³-hybridized carbons (Fsp3) is 0.400. The molecule has 0 radical (unpaired) electrons. The van der Waals surface area contributed by atoms with Gasteiger partial charge < -0.3 is 14.6 Å². The normalized spacial score (nSPS) is 18.4. The number of nitrogens with one attached hydrogen (secondary N) is 1. The van der Waals surface area contributed by atoms with Crippen molar-refractivity contribution in [2.24, 2.45) is 0 Å². The Bertz CT molecular complexity index is 683. The Balaban J connectivity index is 1.56. The number of carbonyl (C=O) groups is 1. The number of thiophene rings is 1. The van der Waals surface area contributed by atoms with E-state index in [0.717, 1.165) is 17.0 Å². The van der Waals surface area contributed by atoms with Gasteiger partial charge in [-0.25, -0.2) is 4.98 Å². The molecule has 1 fully saturated rings. The number of morpholine rings is 1. The fourth-order valence-electron chi connectivity index (χ4n) is 2.49. The number of nitrogens with zero attached hydrogens (tertiary/aromatic N) is 2. The zero-order chi connectivity index (χ0) is 15.4. The number of hydrogen-bond donors (Lipinski definition) is 1. The summed E-state index contributed by atoms with van der Waals surface area (Å²) < 4.78 is 5.72. The Hall–Kier alpha value is -1.99. The molecule has 1 saturated heterocycles. The molecule has 2 aromatic heterocycles. The Morgan fingerprint density at radius 2 is 2.45 bits per heavy atom. The minimum atomic E-state index is -0.149. The van der Waals surface area contributed by atoms with Gasteiger partial charge in [-0.3, -0.25) is 9.59 Å². The molecular weight excluding hydrogens is 302 g/mol. The minimum Gasteiger partial charge on any atom is -0.375 e. The number of rotatable bonds is 4. The van der Waals surface area contributed by atoms with Crippen molar-refractivity contribution in [2.45, 2.75) is 18.9 Å². The number of aromatic nitrogens is 2. The lowest BCUT2D eigenvalue weighted by molar-refractivity contribution is -0.0245. The Kier molecular flexibility index (Phi) is 4.65. The van der Waals surface area contributed by atoms with E-state index >= 15 is 0 Å². The average Bonchev–Trinajstić information content (AvgIpc) is 3.07. The quantitative estimate of drug-likeness (QED) is 0.922. The van der Waals surface area contributed by atoms with E-state index in [-0.39, 0.29) is 17.6 Å². The first-order valence-corrected chi connectivity index (χ1v) is 8.08. The van der Waals surface area contributed by atoms with Crippen molar-refractivity contribution in [3.05, 3.63) is 50.8 Å². The number of hydrogen-bond acceptors (Lipinski definition) is 5. The van der Waals surface area contributed by atoms with Crippen molar-refractivity contribution in [3.8, 4) is 0 Å². The van der Waals surface area contributed by atoms with E-state index in [1.165, 1.54) is 23.7 Å². The molecule has 0 aliphatic carbocycles. The minimum absolute atomic E-state index is 0.0150. The van der Waals surface area contributed by atoms with Gasteiger partial charge in [-0.1, -0.05) is 6.07 Å². The smallest absolute Gasteiger partial charge is 0.264 e. The highest BCUT2D eigenvalue weighted by Crippen LogP contribution is 2.16. The molecule has 0 aromatic carbocycles. The molecule has 1 aliphatic rings. The van der Waals surface area contributed by atoms with Crippen LogP contribution >= 0.6 is 11.3 Å². The molecule has 1 N–H and O–H groups in total. The predicted molar refractivity (Wildman–Crippen MR) is 83.1 cm³/mol. The summed E-state index contributed by atoms with van der Waals surface area (Å²) in [6.45, 7) is 1.75. The molecule has 7 heteroatoms. The highest BCUT2D eigenvalue weighted by atomic mass is 32.1. The van der Waals surface area contributed by atoms with Crippen molar-refractivity contribution < 1.29 is 9.53 Å². The summed E-state index contributed by atoms with van der Waals surface area (Å²) in [5.74, 6) is 0.0672. The van der Waals surface area contributed by atoms with E-state index in [2.05, 4.69) is 9.97 Å². The Morgan fingerprint density at radius 3 is 3.23 bits per heavy atom. The molecule has 1 aliphatic heterocycles. The third-order valence-electron chi connectivity index (χ3n) is 3.62. The molecule has 2 aromatic rings. The van der Waals surface area contributed by atoms with E-state index in [0.29, 0.717) is 26.1 Å². The first-order chi connectivity index (χ1) is 10.7. The van der Waals surface area contributed by atoms with Crippen molar-refractivity contribution >= 4 is 17.2 Å². The van der Waals surface area contributed by atoms with Gasteiger partial charge in [-0.2, -0.15) is 0 Å². The number of aromatic amines is 1. The maximum atomic E-state index is 12.3. The summed E-state index contributed by atoms with van der Waals surface area (Å²) in [6.07, 6.45) is 2.80. The van der Waals surface area contributed by atoms with E-state index in [4.69, 9.17) is 4.74 Å². The Labute approximate surface area is 131 Å². The highest BCUT2D eigenvalue weighted by Gasteiger charge is 2.25. The lowest BCUT2D eigenvalue weighted by atomic mass is 10.1. The standard InChI is InChI=1S/C15H17N3O3S/c19-14-8-11(16-10-17-14)3-4-12-9-18(5-6-21-12)15(20)13-2-1-7-22-13/h1-2,7-8,10,12H,3-6,9H2,(H,16,17,19). The molecule has 0 spiro atoms. The fourth-order valence-corrected chi connectivity index (χ4v) is 3.18. The molecule has 1 atom stereocenters. The van der Waals surface area contributed by atoms with E-state index in [9.17, 15) is 9.59 Å². The van der Waals surface area contributed by atoms with Crippen LogP contribution in [0.15, 0.2) is 34.7 Å². The monoisotopic (exact) mass is 319 g/mol. The number of H-pyrrole nitrogens is 1. The molecule has 0 bridgehead atoms. The predicted octanol–water partition coefficient (Wildman–Crippen LogP) is 1.31. The van der Waals surface area contributed by atoms with Crippen LogP contribution in [-0.4, -0.2) is 46.6 Å². The molecule has 3 heterocycles. The van der Waals surface area contributed by atoms with E-state index in [1.54, 1.807) is 0 Å². The second-order valence-corrected chi connectivity index (χ2v) is 6.11. The summed E-state index contributed by atoms with van der Waals surface area (Å²) in [7, 11) is 0. The van der Waals surface area contributed by atoms with Crippen molar-refractivity contribution in [3.63, 3.8) is 0 Å². The van der Waals surface area contributed by atoms with Crippen molar-refractivity contribution in [2.75, 3.05) is 19.7 Å². The molecule has 1 amide bonds. The van der Waals surface area contributed by atoms with Crippen LogP contribution in [0.2, 0.25) is 0 Å². The maximum Gasteiger partial charge on any atom is 0.264 e. The number of carbonyl (C=O) groups excluding carboxylic acids is 1. The molecule has 1 unspecified atom stereocenters. The number of ether oxygens (including phenoxy) is 1. The summed E-state index contributed by atoms with van der Waals surface area (Å²) in [4.78, 5) is 32.8. The average molecular weight is 319 g/mol. The van der Waals surface area contributed by atoms with Crippen LogP contribution in [0.5, 0.6) is 0 Å². The van der Waals surface area contributed by atoms with Gasteiger partial charge in [0.15, 0.2) is 0 Å². The van der Waals surface area contributed by atoms with Crippen LogP contribution in [0.25, 0.3) is 0 Å². The third kappa shape index (κ3) is 3.61. The lowest BCUT2D eigenvalue weighted by Gasteiger charge is -2.32. The largest absolute Gasteiger partial charge is 0.375 e. The van der Waals surface area contributed by atoms with Gasteiger partial charge in [0.05, 0.1) is 23.9 Å². The van der Waals surface area contributed by atoms with Crippen LogP contribution in [0.4, 0.5) is 0 Å². The number of amides is 1. The van der Waals surface area contributed by atoms with Crippen LogP contribution in [0.3, 0.4) is 0 Å². The molecule has 6 nitrogen and oxygen atoms in total. The van der Waals surface area contributed by atoms with Crippen LogP contribution in [-0.2, 0) is 11.2 Å². The zero-order valence-electron chi connectivity index (χ0n) is 12.0. The summed E-state index contributed by atoms with van der Waals surface area (Å²) in [5.41, 5.74) is 0.595. The molecule has 22 heavy (non-hydrogen) atoms. The van der Waals surface area contributed by atoms with Gasteiger partial charge in [0, 0.05) is 24.8 Å². The van der Waals surface area contributed by atoms with Crippen LogP contribution in [0.1, 0.15) is 21.8 Å². The first kappa shape index (κ1) is 14.9. The third-order valence-corrected chi connectivity index (χ3v) is 4.47. The van der Waals surface area contributed by atoms with Crippen molar-refractivity contribution in [1.29, 1.82) is 0 Å². The van der Waals surface area contributed by atoms with Gasteiger partial charge in [-0.05, 0) is 24.3 Å². The molecule has 3 rings (SSSR count). The summed E-state index contributed by atoms with van der Waals surface area (Å²) in [5, 5.41) is 1.91. The van der Waals surface area contributed by atoms with E-state index < -0.39 is 0 Å². The molecule has 116 valence electrons. The van der Waals surface area contributed by atoms with Gasteiger partial charge in [0.2, 0.25) is 0 Å².